The fourth-order valence-electron chi connectivity index (χ4n) is 1.96. The average Bonchev–Trinajstić information content (AvgIpc) is 2.69. The number of nitrogens with zero attached hydrogens (tertiary/aromatic N) is 2. The van der Waals surface area contributed by atoms with Crippen molar-refractivity contribution in [3.05, 3.63) is 38.3 Å². The Balaban J connectivity index is 2.54. The molecule has 2 aromatic rings. The van der Waals surface area contributed by atoms with Gasteiger partial charge < -0.3 is 10.3 Å². The molecule has 106 valence electrons. The van der Waals surface area contributed by atoms with Crippen molar-refractivity contribution in [3.8, 4) is 11.3 Å². The van der Waals surface area contributed by atoms with E-state index in [9.17, 15) is 10.1 Å². The summed E-state index contributed by atoms with van der Waals surface area (Å²) in [5, 5.41) is 14.7. The molecule has 0 fully saturated rings. The van der Waals surface area contributed by atoms with Gasteiger partial charge in [-0.25, -0.2) is 0 Å². The van der Waals surface area contributed by atoms with Gasteiger partial charge in [-0.3, -0.25) is 10.1 Å². The van der Waals surface area contributed by atoms with Crippen LogP contribution in [0.1, 0.15) is 19.4 Å². The fraction of sp³-hybridized carbons (Fsp3) is 0.308. The number of hydrogen-bond acceptors (Lipinski definition) is 5. The van der Waals surface area contributed by atoms with Gasteiger partial charge >= 0.3 is 0 Å². The lowest BCUT2D eigenvalue weighted by atomic mass is 9.99. The molecule has 6 nitrogen and oxygen atoms in total. The van der Waals surface area contributed by atoms with E-state index in [1.807, 2.05) is 0 Å². The lowest BCUT2D eigenvalue weighted by Gasteiger charge is -2.05. The molecule has 0 unspecified atom stereocenters. The molecule has 0 amide bonds. The Morgan fingerprint density at radius 3 is 2.75 bits per heavy atom. The molecule has 1 heterocycles. The maximum absolute atomic E-state index is 10.9. The van der Waals surface area contributed by atoms with Crippen LogP contribution in [0.25, 0.3) is 11.3 Å². The Kier molecular flexibility index (Phi) is 4.08. The number of rotatable bonds is 4. The molecular formula is C13H14BrN3O3. The van der Waals surface area contributed by atoms with E-state index in [1.165, 1.54) is 12.1 Å². The van der Waals surface area contributed by atoms with Gasteiger partial charge in [-0.2, -0.15) is 0 Å². The molecule has 20 heavy (non-hydrogen) atoms. The van der Waals surface area contributed by atoms with Gasteiger partial charge in [-0.05, 0) is 18.4 Å². The Morgan fingerprint density at radius 2 is 2.15 bits per heavy atom. The zero-order valence-corrected chi connectivity index (χ0v) is 12.7. The highest BCUT2D eigenvalue weighted by molar-refractivity contribution is 9.10. The van der Waals surface area contributed by atoms with Crippen molar-refractivity contribution in [3.63, 3.8) is 0 Å². The molecule has 7 heteroatoms. The first kappa shape index (κ1) is 14.5. The summed E-state index contributed by atoms with van der Waals surface area (Å²) < 4.78 is 5.86. The molecule has 0 saturated carbocycles. The average molecular weight is 340 g/mol. The second-order valence-electron chi connectivity index (χ2n) is 4.93. The molecule has 0 aliphatic carbocycles. The number of hydrogen-bond donors (Lipinski definition) is 1. The van der Waals surface area contributed by atoms with Crippen LogP contribution in [0, 0.1) is 16.0 Å². The van der Waals surface area contributed by atoms with Crippen LogP contribution in [0.3, 0.4) is 0 Å². The number of anilines is 1. The van der Waals surface area contributed by atoms with E-state index in [0.717, 1.165) is 5.56 Å². The summed E-state index contributed by atoms with van der Waals surface area (Å²) in [6.45, 7) is 4.11. The molecule has 0 aliphatic rings. The maximum atomic E-state index is 10.9. The van der Waals surface area contributed by atoms with E-state index in [1.54, 1.807) is 6.07 Å². The second-order valence-corrected chi connectivity index (χ2v) is 5.84. The lowest BCUT2D eigenvalue weighted by Crippen LogP contribution is -1.99. The Morgan fingerprint density at radius 1 is 1.45 bits per heavy atom. The minimum atomic E-state index is -0.448. The highest BCUT2D eigenvalue weighted by Crippen LogP contribution is 2.34. The van der Waals surface area contributed by atoms with Gasteiger partial charge in [0.15, 0.2) is 11.6 Å². The zero-order valence-electron chi connectivity index (χ0n) is 11.1. The van der Waals surface area contributed by atoms with Crippen molar-refractivity contribution in [2.24, 2.45) is 5.92 Å². The predicted octanol–water partition coefficient (Wildman–Crippen LogP) is 3.79. The van der Waals surface area contributed by atoms with Crippen molar-refractivity contribution < 1.29 is 9.45 Å². The highest BCUT2D eigenvalue weighted by Gasteiger charge is 2.19. The smallest absolute Gasteiger partial charge is 0.271 e. The summed E-state index contributed by atoms with van der Waals surface area (Å²) in [6, 6.07) is 4.64. The van der Waals surface area contributed by atoms with Crippen molar-refractivity contribution in [1.29, 1.82) is 0 Å². The van der Waals surface area contributed by atoms with Gasteiger partial charge in [0.25, 0.3) is 5.69 Å². The van der Waals surface area contributed by atoms with E-state index < -0.39 is 4.92 Å². The highest BCUT2D eigenvalue weighted by atomic mass is 79.9. The van der Waals surface area contributed by atoms with Gasteiger partial charge in [0.2, 0.25) is 0 Å². The summed E-state index contributed by atoms with van der Waals surface area (Å²) in [5.41, 5.74) is 7.17. The number of nitro groups is 1. The maximum Gasteiger partial charge on any atom is 0.271 e. The van der Waals surface area contributed by atoms with E-state index in [-0.39, 0.29) is 5.69 Å². The van der Waals surface area contributed by atoms with Crippen molar-refractivity contribution in [2.45, 2.75) is 20.3 Å². The van der Waals surface area contributed by atoms with E-state index in [0.29, 0.717) is 34.0 Å². The number of nitrogens with two attached hydrogens (primary N) is 1. The molecule has 0 atom stereocenters. The number of nitrogen functional groups attached to an aromatic ring is 1. The number of non-ortho nitro benzene ring substituents is 1. The zero-order chi connectivity index (χ0) is 14.9. The standard InChI is InChI=1S/C13H14BrN3O3/c1-7(2)3-11-12(20-16-13(11)15)8-4-9(14)6-10(5-8)17(18)19/h4-7H,3H2,1-2H3,(H2,15,16). The van der Waals surface area contributed by atoms with E-state index in [4.69, 9.17) is 10.3 Å². The van der Waals surface area contributed by atoms with Crippen molar-refractivity contribution in [2.75, 3.05) is 5.73 Å². The second kappa shape index (κ2) is 5.62. The van der Waals surface area contributed by atoms with Crippen LogP contribution >= 0.6 is 15.9 Å². The molecule has 2 N–H and O–H groups in total. The topological polar surface area (TPSA) is 95.2 Å². The summed E-state index contributed by atoms with van der Waals surface area (Å²) in [7, 11) is 0. The monoisotopic (exact) mass is 339 g/mol. The molecule has 2 rings (SSSR count). The molecule has 0 bridgehead atoms. The van der Waals surface area contributed by atoms with Crippen molar-refractivity contribution in [1.82, 2.24) is 5.16 Å². The van der Waals surface area contributed by atoms with Crippen LogP contribution in [0.5, 0.6) is 0 Å². The fourth-order valence-corrected chi connectivity index (χ4v) is 2.45. The van der Waals surface area contributed by atoms with Crippen LogP contribution in [0.4, 0.5) is 11.5 Å². The van der Waals surface area contributed by atoms with Crippen LogP contribution in [-0.2, 0) is 6.42 Å². The van der Waals surface area contributed by atoms with Gasteiger partial charge in [0, 0.05) is 27.7 Å². The minimum absolute atomic E-state index is 0.0140. The van der Waals surface area contributed by atoms with Gasteiger partial charge in [0.05, 0.1) is 4.92 Å². The number of aromatic nitrogens is 1. The summed E-state index contributed by atoms with van der Waals surface area (Å²) in [5.74, 6) is 1.19. The molecule has 0 radical (unpaired) electrons. The van der Waals surface area contributed by atoms with Crippen molar-refractivity contribution >= 4 is 27.4 Å². The quantitative estimate of drug-likeness (QED) is 0.675. The Hall–Kier alpha value is -1.89. The molecular weight excluding hydrogens is 326 g/mol. The largest absolute Gasteiger partial charge is 0.381 e. The van der Waals surface area contributed by atoms with Crippen LogP contribution in [0.2, 0.25) is 0 Å². The molecule has 1 aromatic carbocycles. The third-order valence-corrected chi connectivity index (χ3v) is 3.24. The van der Waals surface area contributed by atoms with Gasteiger partial charge in [0.1, 0.15) is 0 Å². The van der Waals surface area contributed by atoms with Crippen LogP contribution < -0.4 is 5.73 Å². The van der Waals surface area contributed by atoms with Gasteiger partial charge in [-0.1, -0.05) is 34.9 Å². The summed E-state index contributed by atoms with van der Waals surface area (Å²) in [4.78, 5) is 10.5. The Labute approximate surface area is 124 Å². The summed E-state index contributed by atoms with van der Waals surface area (Å²) in [6.07, 6.45) is 0.699. The predicted molar refractivity (Wildman–Crippen MR) is 79.2 cm³/mol. The molecule has 0 spiro atoms. The lowest BCUT2D eigenvalue weighted by molar-refractivity contribution is -0.384. The molecule has 0 saturated heterocycles. The number of benzene rings is 1. The Bertz CT molecular complexity index is 652. The number of halogens is 1. The first-order valence-corrected chi connectivity index (χ1v) is 6.87. The third kappa shape index (κ3) is 2.98. The normalized spacial score (nSPS) is 11.0. The SMILES string of the molecule is CC(C)Cc1c(N)noc1-c1cc(Br)cc([N+](=O)[O-])c1. The first-order valence-electron chi connectivity index (χ1n) is 6.08. The third-order valence-electron chi connectivity index (χ3n) is 2.79. The van der Waals surface area contributed by atoms with E-state index >= 15 is 0 Å². The first-order chi connectivity index (χ1) is 9.38. The van der Waals surface area contributed by atoms with E-state index in [2.05, 4.69) is 34.9 Å². The molecule has 1 aromatic heterocycles. The van der Waals surface area contributed by atoms with Crippen LogP contribution in [0.15, 0.2) is 27.2 Å². The van der Waals surface area contributed by atoms with Crippen LogP contribution in [-0.4, -0.2) is 10.1 Å². The van der Waals surface area contributed by atoms with Gasteiger partial charge in [-0.15, -0.1) is 0 Å². The number of nitro benzene ring substituents is 1. The molecule has 0 aliphatic heterocycles. The minimum Gasteiger partial charge on any atom is -0.381 e. The summed E-state index contributed by atoms with van der Waals surface area (Å²) >= 11 is 3.26.